The summed E-state index contributed by atoms with van der Waals surface area (Å²) in [7, 11) is 1.59. The highest BCUT2D eigenvalue weighted by molar-refractivity contribution is 6.28. The van der Waals surface area contributed by atoms with Crippen LogP contribution in [0.5, 0.6) is 5.75 Å². The van der Waals surface area contributed by atoms with Gasteiger partial charge in [-0.05, 0) is 35.9 Å². The maximum absolute atomic E-state index is 5.94. The van der Waals surface area contributed by atoms with Gasteiger partial charge in [-0.3, -0.25) is 5.01 Å². The van der Waals surface area contributed by atoms with Gasteiger partial charge in [-0.1, -0.05) is 0 Å². The third-order valence-electron chi connectivity index (χ3n) is 2.35. The van der Waals surface area contributed by atoms with E-state index in [-0.39, 0.29) is 5.28 Å². The topological polar surface area (TPSA) is 90.3 Å². The van der Waals surface area contributed by atoms with Gasteiger partial charge in [-0.2, -0.15) is 4.98 Å². The Bertz CT molecular complexity index is 546. The van der Waals surface area contributed by atoms with Crippen LogP contribution in [-0.2, 0) is 0 Å². The lowest BCUT2D eigenvalue weighted by Gasteiger charge is -2.19. The lowest BCUT2D eigenvalue weighted by Crippen LogP contribution is -2.27. The van der Waals surface area contributed by atoms with Gasteiger partial charge in [-0.25, -0.2) is 10.8 Å². The van der Waals surface area contributed by atoms with Gasteiger partial charge in [0.15, 0.2) is 5.82 Å². The van der Waals surface area contributed by atoms with Crippen LogP contribution in [0.25, 0.3) is 0 Å². The molecular formula is C11H12ClN5O. The molecule has 0 atom stereocenters. The molecule has 0 amide bonds. The number of rotatable bonds is 3. The zero-order valence-corrected chi connectivity index (χ0v) is 10.4. The molecule has 0 aliphatic heterocycles. The average molecular weight is 266 g/mol. The van der Waals surface area contributed by atoms with Crippen molar-refractivity contribution in [3.05, 3.63) is 35.7 Å². The number of halogens is 1. The molecule has 0 bridgehead atoms. The maximum atomic E-state index is 5.94. The van der Waals surface area contributed by atoms with Crippen LogP contribution in [0.15, 0.2) is 30.5 Å². The van der Waals surface area contributed by atoms with Crippen LogP contribution in [0.1, 0.15) is 0 Å². The Morgan fingerprint density at radius 3 is 2.56 bits per heavy atom. The minimum atomic E-state index is 0.0863. The molecule has 0 radical (unpaired) electrons. The summed E-state index contributed by atoms with van der Waals surface area (Å²) in [4.78, 5) is 7.76. The Kier molecular flexibility index (Phi) is 3.50. The van der Waals surface area contributed by atoms with E-state index < -0.39 is 0 Å². The fraction of sp³-hybridized carbons (Fsp3) is 0.0909. The second kappa shape index (κ2) is 5.07. The van der Waals surface area contributed by atoms with Crippen molar-refractivity contribution in [1.82, 2.24) is 9.97 Å². The molecule has 0 aliphatic carbocycles. The van der Waals surface area contributed by atoms with Crippen LogP contribution < -0.4 is 21.3 Å². The van der Waals surface area contributed by atoms with E-state index in [1.807, 2.05) is 0 Å². The van der Waals surface area contributed by atoms with Crippen molar-refractivity contribution in [3.8, 4) is 5.75 Å². The quantitative estimate of drug-likeness (QED) is 0.499. The number of anilines is 3. The molecule has 94 valence electrons. The number of hydrogen-bond donors (Lipinski definition) is 2. The second-order valence-corrected chi connectivity index (χ2v) is 3.82. The Labute approximate surface area is 109 Å². The smallest absolute Gasteiger partial charge is 0.224 e. The van der Waals surface area contributed by atoms with E-state index in [1.54, 1.807) is 31.4 Å². The lowest BCUT2D eigenvalue weighted by atomic mass is 10.3. The largest absolute Gasteiger partial charge is 0.497 e. The Balaban J connectivity index is 2.34. The van der Waals surface area contributed by atoms with E-state index in [0.29, 0.717) is 17.2 Å². The molecule has 1 heterocycles. The molecule has 1 aromatic heterocycles. The van der Waals surface area contributed by atoms with Gasteiger partial charge in [0.1, 0.15) is 5.75 Å². The van der Waals surface area contributed by atoms with E-state index in [2.05, 4.69) is 9.97 Å². The van der Waals surface area contributed by atoms with Gasteiger partial charge in [0, 0.05) is 0 Å². The van der Waals surface area contributed by atoms with E-state index >= 15 is 0 Å². The molecule has 2 rings (SSSR count). The SMILES string of the molecule is COc1ccc(N(N)c2nc(Cl)ncc2N)cc1. The Hall–Kier alpha value is -2.05. The molecule has 0 aliphatic rings. The zero-order valence-electron chi connectivity index (χ0n) is 9.67. The Morgan fingerprint density at radius 2 is 1.94 bits per heavy atom. The molecule has 0 fully saturated rings. The number of nitrogen functional groups attached to an aromatic ring is 1. The highest BCUT2D eigenvalue weighted by atomic mass is 35.5. The van der Waals surface area contributed by atoms with E-state index in [9.17, 15) is 0 Å². The van der Waals surface area contributed by atoms with Crippen LogP contribution in [0.4, 0.5) is 17.2 Å². The van der Waals surface area contributed by atoms with Crippen LogP contribution in [-0.4, -0.2) is 17.1 Å². The second-order valence-electron chi connectivity index (χ2n) is 3.49. The van der Waals surface area contributed by atoms with Crippen LogP contribution in [0, 0.1) is 0 Å². The zero-order chi connectivity index (χ0) is 13.1. The molecule has 18 heavy (non-hydrogen) atoms. The van der Waals surface area contributed by atoms with Gasteiger partial charge >= 0.3 is 0 Å². The molecule has 6 nitrogen and oxygen atoms in total. The van der Waals surface area contributed by atoms with Crippen molar-refractivity contribution >= 4 is 28.8 Å². The fourth-order valence-corrected chi connectivity index (χ4v) is 1.55. The first kappa shape index (κ1) is 12.4. The monoisotopic (exact) mass is 265 g/mol. The van der Waals surface area contributed by atoms with Crippen molar-refractivity contribution in [1.29, 1.82) is 0 Å². The standard InChI is InChI=1S/C11H12ClN5O/c1-18-8-4-2-7(3-5-8)17(14)10-9(13)6-15-11(12)16-10/h2-6H,13-14H2,1H3. The highest BCUT2D eigenvalue weighted by Crippen LogP contribution is 2.27. The number of nitrogens with zero attached hydrogens (tertiary/aromatic N) is 3. The van der Waals surface area contributed by atoms with Crippen molar-refractivity contribution in [2.24, 2.45) is 5.84 Å². The number of aromatic nitrogens is 2. The number of methoxy groups -OCH3 is 1. The third-order valence-corrected chi connectivity index (χ3v) is 2.53. The molecule has 0 spiro atoms. The summed E-state index contributed by atoms with van der Waals surface area (Å²) in [5, 5.41) is 1.42. The normalized spacial score (nSPS) is 10.2. The third kappa shape index (κ3) is 2.44. The van der Waals surface area contributed by atoms with Gasteiger partial charge < -0.3 is 10.5 Å². The summed E-state index contributed by atoms with van der Waals surface area (Å²) < 4.78 is 5.07. The molecular weight excluding hydrogens is 254 g/mol. The summed E-state index contributed by atoms with van der Waals surface area (Å²) in [5.41, 5.74) is 6.80. The van der Waals surface area contributed by atoms with Crippen molar-refractivity contribution in [2.75, 3.05) is 17.9 Å². The minimum Gasteiger partial charge on any atom is -0.497 e. The van der Waals surface area contributed by atoms with Gasteiger partial charge in [0.25, 0.3) is 0 Å². The first-order valence-corrected chi connectivity index (χ1v) is 5.46. The van der Waals surface area contributed by atoms with Gasteiger partial charge in [-0.15, -0.1) is 0 Å². The van der Waals surface area contributed by atoms with E-state index in [0.717, 1.165) is 5.75 Å². The fourth-order valence-electron chi connectivity index (χ4n) is 1.42. The number of benzene rings is 1. The predicted molar refractivity (Wildman–Crippen MR) is 70.8 cm³/mol. The van der Waals surface area contributed by atoms with Crippen LogP contribution >= 0.6 is 11.6 Å². The molecule has 0 saturated carbocycles. The average Bonchev–Trinajstić information content (AvgIpc) is 2.41. The first-order valence-electron chi connectivity index (χ1n) is 5.08. The summed E-state index contributed by atoms with van der Waals surface area (Å²) >= 11 is 5.72. The molecule has 7 heteroatoms. The number of hydrazine groups is 1. The molecule has 2 aromatic rings. The highest BCUT2D eigenvalue weighted by Gasteiger charge is 2.11. The first-order chi connectivity index (χ1) is 8.61. The van der Waals surface area contributed by atoms with Gasteiger partial charge in [0.2, 0.25) is 5.28 Å². The summed E-state index contributed by atoms with van der Waals surface area (Å²) in [6.45, 7) is 0. The lowest BCUT2D eigenvalue weighted by molar-refractivity contribution is 0.415. The predicted octanol–water partition coefficient (Wildman–Crippen LogP) is 1.73. The van der Waals surface area contributed by atoms with Crippen molar-refractivity contribution < 1.29 is 4.74 Å². The van der Waals surface area contributed by atoms with Crippen LogP contribution in [0.3, 0.4) is 0 Å². The summed E-state index contributed by atoms with van der Waals surface area (Å²) in [6.07, 6.45) is 1.41. The maximum Gasteiger partial charge on any atom is 0.224 e. The summed E-state index contributed by atoms with van der Waals surface area (Å²) in [6, 6.07) is 7.14. The number of nitrogens with two attached hydrogens (primary N) is 2. The van der Waals surface area contributed by atoms with Gasteiger partial charge in [0.05, 0.1) is 24.7 Å². The molecule has 1 aromatic carbocycles. The summed E-state index contributed by atoms with van der Waals surface area (Å²) in [5.74, 6) is 7.03. The van der Waals surface area contributed by atoms with Crippen molar-refractivity contribution in [3.63, 3.8) is 0 Å². The minimum absolute atomic E-state index is 0.0863. The molecule has 0 unspecified atom stereocenters. The number of hydrogen-bond acceptors (Lipinski definition) is 6. The van der Waals surface area contributed by atoms with Crippen LogP contribution in [0.2, 0.25) is 5.28 Å². The van der Waals surface area contributed by atoms with Crippen molar-refractivity contribution in [2.45, 2.75) is 0 Å². The molecule has 0 saturated heterocycles. The van der Waals surface area contributed by atoms with E-state index in [4.69, 9.17) is 27.9 Å². The Morgan fingerprint density at radius 1 is 1.28 bits per heavy atom. The van der Waals surface area contributed by atoms with E-state index in [1.165, 1.54) is 11.2 Å². The number of ether oxygens (including phenoxy) is 1. The molecule has 4 N–H and O–H groups in total.